The molecule has 0 fully saturated rings. The largest absolute Gasteiger partial charge is 0.473 e. The first-order valence-corrected chi connectivity index (χ1v) is 5.83. The minimum absolute atomic E-state index is 0.0370. The fourth-order valence-corrected chi connectivity index (χ4v) is 1.37. The highest BCUT2D eigenvalue weighted by atomic mass is 16.5. The molecule has 0 aliphatic carbocycles. The number of aromatic nitrogens is 1. The van der Waals surface area contributed by atoms with Crippen molar-refractivity contribution in [2.24, 2.45) is 0 Å². The van der Waals surface area contributed by atoms with E-state index in [0.29, 0.717) is 23.8 Å². The van der Waals surface area contributed by atoms with Crippen molar-refractivity contribution in [2.45, 2.75) is 39.3 Å². The number of rotatable bonds is 6. The maximum absolute atomic E-state index is 8.83. The average molecular weight is 239 g/mol. The number of hydrogen-bond donors (Lipinski definition) is 3. The van der Waals surface area contributed by atoms with E-state index in [1.54, 1.807) is 12.1 Å². The number of nitrogen functional groups attached to an aromatic ring is 1. The standard InChI is InChI=1S/C12H21N3O2/c1-8(2)17-12-10(13)4-5-11(15-12)14-9(3)6-7-16/h4-5,8-9,16H,6-7,13H2,1-3H3,(H,14,15). The molecular weight excluding hydrogens is 218 g/mol. The zero-order chi connectivity index (χ0) is 12.8. The van der Waals surface area contributed by atoms with Crippen LogP contribution in [-0.4, -0.2) is 28.8 Å². The van der Waals surface area contributed by atoms with Crippen LogP contribution in [0.2, 0.25) is 0 Å². The normalized spacial score (nSPS) is 12.5. The molecule has 0 saturated carbocycles. The van der Waals surface area contributed by atoms with Crippen molar-refractivity contribution in [3.05, 3.63) is 12.1 Å². The summed E-state index contributed by atoms with van der Waals surface area (Å²) in [5, 5.41) is 12.0. The predicted octanol–water partition coefficient (Wildman–Crippen LogP) is 1.63. The van der Waals surface area contributed by atoms with Crippen LogP contribution in [0.4, 0.5) is 11.5 Å². The van der Waals surface area contributed by atoms with E-state index < -0.39 is 0 Å². The van der Waals surface area contributed by atoms with Gasteiger partial charge in [0.1, 0.15) is 5.82 Å². The Morgan fingerprint density at radius 3 is 2.71 bits per heavy atom. The molecule has 1 heterocycles. The second-order valence-electron chi connectivity index (χ2n) is 4.32. The fraction of sp³-hybridized carbons (Fsp3) is 0.583. The number of aliphatic hydroxyl groups excluding tert-OH is 1. The second kappa shape index (κ2) is 6.30. The molecule has 0 saturated heterocycles. The molecule has 0 bridgehead atoms. The van der Waals surface area contributed by atoms with Crippen LogP contribution in [0.15, 0.2) is 12.1 Å². The number of nitrogens with zero attached hydrogens (tertiary/aromatic N) is 1. The van der Waals surface area contributed by atoms with Crippen molar-refractivity contribution in [3.63, 3.8) is 0 Å². The third-order valence-corrected chi connectivity index (χ3v) is 2.19. The van der Waals surface area contributed by atoms with Gasteiger partial charge in [0.15, 0.2) is 0 Å². The molecule has 4 N–H and O–H groups in total. The van der Waals surface area contributed by atoms with E-state index in [2.05, 4.69) is 10.3 Å². The van der Waals surface area contributed by atoms with Crippen LogP contribution in [-0.2, 0) is 0 Å². The Hall–Kier alpha value is -1.49. The highest BCUT2D eigenvalue weighted by Crippen LogP contribution is 2.22. The zero-order valence-corrected chi connectivity index (χ0v) is 10.6. The molecule has 0 amide bonds. The monoisotopic (exact) mass is 239 g/mol. The summed E-state index contributed by atoms with van der Waals surface area (Å²) >= 11 is 0. The average Bonchev–Trinajstić information content (AvgIpc) is 2.22. The fourth-order valence-electron chi connectivity index (χ4n) is 1.37. The second-order valence-corrected chi connectivity index (χ2v) is 4.32. The van der Waals surface area contributed by atoms with Gasteiger partial charge in [-0.05, 0) is 39.3 Å². The highest BCUT2D eigenvalue weighted by molar-refractivity contribution is 5.53. The summed E-state index contributed by atoms with van der Waals surface area (Å²) in [4.78, 5) is 4.29. The molecule has 1 aromatic rings. The Morgan fingerprint density at radius 1 is 1.41 bits per heavy atom. The van der Waals surface area contributed by atoms with E-state index in [9.17, 15) is 0 Å². The third-order valence-electron chi connectivity index (χ3n) is 2.19. The molecule has 1 rings (SSSR count). The smallest absolute Gasteiger partial charge is 0.239 e. The molecule has 5 heteroatoms. The van der Waals surface area contributed by atoms with Gasteiger partial charge in [-0.1, -0.05) is 0 Å². The van der Waals surface area contributed by atoms with E-state index in [4.69, 9.17) is 15.6 Å². The highest BCUT2D eigenvalue weighted by Gasteiger charge is 2.08. The van der Waals surface area contributed by atoms with E-state index in [-0.39, 0.29) is 18.8 Å². The number of ether oxygens (including phenoxy) is 1. The molecule has 1 unspecified atom stereocenters. The van der Waals surface area contributed by atoms with Gasteiger partial charge in [0.05, 0.1) is 11.8 Å². The quantitative estimate of drug-likeness (QED) is 0.703. The summed E-state index contributed by atoms with van der Waals surface area (Å²) in [7, 11) is 0. The van der Waals surface area contributed by atoms with Gasteiger partial charge in [0.25, 0.3) is 0 Å². The van der Waals surface area contributed by atoms with E-state index in [1.807, 2.05) is 20.8 Å². The van der Waals surface area contributed by atoms with Gasteiger partial charge in [-0.3, -0.25) is 0 Å². The van der Waals surface area contributed by atoms with Crippen molar-refractivity contribution in [1.29, 1.82) is 0 Å². The first-order chi connectivity index (χ1) is 8.02. The van der Waals surface area contributed by atoms with Crippen molar-refractivity contribution in [3.8, 4) is 5.88 Å². The van der Waals surface area contributed by atoms with Gasteiger partial charge in [0, 0.05) is 12.6 Å². The number of aliphatic hydroxyl groups is 1. The molecule has 0 aromatic carbocycles. The Kier molecular flexibility index (Phi) is 5.03. The van der Waals surface area contributed by atoms with Crippen molar-refractivity contribution in [1.82, 2.24) is 4.98 Å². The van der Waals surface area contributed by atoms with Gasteiger partial charge >= 0.3 is 0 Å². The van der Waals surface area contributed by atoms with Crippen LogP contribution in [0.3, 0.4) is 0 Å². The van der Waals surface area contributed by atoms with Crippen LogP contribution in [0, 0.1) is 0 Å². The van der Waals surface area contributed by atoms with Crippen LogP contribution in [0.5, 0.6) is 5.88 Å². The van der Waals surface area contributed by atoms with Crippen molar-refractivity contribution >= 4 is 11.5 Å². The predicted molar refractivity (Wildman–Crippen MR) is 69.2 cm³/mol. The number of nitrogens with two attached hydrogens (primary N) is 1. The van der Waals surface area contributed by atoms with Gasteiger partial charge in [0.2, 0.25) is 5.88 Å². The first-order valence-electron chi connectivity index (χ1n) is 5.83. The lowest BCUT2D eigenvalue weighted by Crippen LogP contribution is -2.18. The lowest BCUT2D eigenvalue weighted by Gasteiger charge is -2.16. The molecule has 96 valence electrons. The Labute approximate surface area is 102 Å². The van der Waals surface area contributed by atoms with Crippen LogP contribution in [0.1, 0.15) is 27.2 Å². The molecule has 1 aromatic heterocycles. The summed E-state index contributed by atoms with van der Waals surface area (Å²) in [6.07, 6.45) is 0.710. The molecule has 0 aliphatic rings. The van der Waals surface area contributed by atoms with Crippen LogP contribution in [0.25, 0.3) is 0 Å². The molecule has 5 nitrogen and oxygen atoms in total. The summed E-state index contributed by atoms with van der Waals surface area (Å²) < 4.78 is 5.50. The lowest BCUT2D eigenvalue weighted by molar-refractivity contribution is 0.234. The number of hydrogen-bond acceptors (Lipinski definition) is 5. The van der Waals surface area contributed by atoms with Crippen LogP contribution < -0.4 is 15.8 Å². The van der Waals surface area contributed by atoms with Crippen molar-refractivity contribution in [2.75, 3.05) is 17.7 Å². The van der Waals surface area contributed by atoms with Gasteiger partial charge in [-0.2, -0.15) is 4.98 Å². The van der Waals surface area contributed by atoms with E-state index in [1.165, 1.54) is 0 Å². The maximum Gasteiger partial charge on any atom is 0.239 e. The molecule has 0 spiro atoms. The maximum atomic E-state index is 8.83. The Balaban J connectivity index is 2.74. The minimum Gasteiger partial charge on any atom is -0.473 e. The SMILES string of the molecule is CC(CCO)Nc1ccc(N)c(OC(C)C)n1. The summed E-state index contributed by atoms with van der Waals surface area (Å²) in [6, 6.07) is 3.72. The van der Waals surface area contributed by atoms with Gasteiger partial charge < -0.3 is 20.9 Å². The Bertz CT molecular complexity index is 356. The summed E-state index contributed by atoms with van der Waals surface area (Å²) in [5.74, 6) is 1.15. The van der Waals surface area contributed by atoms with E-state index >= 15 is 0 Å². The third kappa shape index (κ3) is 4.48. The van der Waals surface area contributed by atoms with Crippen molar-refractivity contribution < 1.29 is 9.84 Å². The summed E-state index contributed by atoms with van der Waals surface area (Å²) in [6.45, 7) is 5.99. The number of pyridine rings is 1. The zero-order valence-electron chi connectivity index (χ0n) is 10.6. The molecule has 1 atom stereocenters. The molecule has 0 aliphatic heterocycles. The minimum atomic E-state index is 0.0370. The van der Waals surface area contributed by atoms with E-state index in [0.717, 1.165) is 0 Å². The molecular formula is C12H21N3O2. The van der Waals surface area contributed by atoms with Gasteiger partial charge in [-0.15, -0.1) is 0 Å². The van der Waals surface area contributed by atoms with Crippen LogP contribution >= 0.6 is 0 Å². The molecule has 0 radical (unpaired) electrons. The summed E-state index contributed by atoms with van der Waals surface area (Å²) in [5.41, 5.74) is 6.30. The Morgan fingerprint density at radius 2 is 2.12 bits per heavy atom. The number of anilines is 2. The topological polar surface area (TPSA) is 80.4 Å². The first kappa shape index (κ1) is 13.6. The molecule has 17 heavy (non-hydrogen) atoms. The lowest BCUT2D eigenvalue weighted by atomic mass is 10.2. The number of nitrogens with one attached hydrogen (secondary N) is 1. The van der Waals surface area contributed by atoms with Gasteiger partial charge in [-0.25, -0.2) is 0 Å².